The first kappa shape index (κ1) is 19.8. The van der Waals surface area contributed by atoms with E-state index < -0.39 is 23.3 Å². The molecule has 154 valence electrons. The number of piperazine rings is 1. The van der Waals surface area contributed by atoms with Crippen molar-refractivity contribution in [2.75, 3.05) is 37.6 Å². The molecule has 0 N–H and O–H groups in total. The molecule has 1 fully saturated rings. The number of halogens is 1. The van der Waals surface area contributed by atoms with Crippen LogP contribution in [0.1, 0.15) is 20.7 Å². The number of non-ortho nitro benzene ring substituents is 1. The van der Waals surface area contributed by atoms with Crippen LogP contribution in [0, 0.1) is 10.1 Å². The number of carbonyl (C=O) groups excluding carboxylic acids is 3. The Hall–Kier alpha value is -3.46. The minimum atomic E-state index is -0.690. The number of carbonyl (C=O) groups is 3. The first-order chi connectivity index (χ1) is 14.3. The van der Waals surface area contributed by atoms with E-state index in [1.54, 1.807) is 11.0 Å². The van der Waals surface area contributed by atoms with E-state index in [4.69, 9.17) is 11.6 Å². The highest BCUT2D eigenvalue weighted by atomic mass is 35.5. The first-order valence-corrected chi connectivity index (χ1v) is 9.66. The van der Waals surface area contributed by atoms with Crippen LogP contribution in [0.3, 0.4) is 0 Å². The van der Waals surface area contributed by atoms with Crippen molar-refractivity contribution in [2.24, 2.45) is 0 Å². The molecule has 0 saturated carbocycles. The van der Waals surface area contributed by atoms with Crippen molar-refractivity contribution < 1.29 is 19.3 Å². The lowest BCUT2D eigenvalue weighted by molar-refractivity contribution is -0.384. The Morgan fingerprint density at radius 1 is 1.00 bits per heavy atom. The maximum absolute atomic E-state index is 12.7. The van der Waals surface area contributed by atoms with E-state index in [-0.39, 0.29) is 22.7 Å². The number of rotatable bonds is 4. The summed E-state index contributed by atoms with van der Waals surface area (Å²) in [6.45, 7) is 1.69. The molecular formula is C20H17ClN4O5. The summed E-state index contributed by atoms with van der Waals surface area (Å²) in [5, 5.41) is 11.6. The van der Waals surface area contributed by atoms with Crippen LogP contribution in [-0.2, 0) is 4.79 Å². The fourth-order valence-corrected chi connectivity index (χ4v) is 3.84. The van der Waals surface area contributed by atoms with Gasteiger partial charge in [0.2, 0.25) is 5.91 Å². The normalized spacial score (nSPS) is 16.1. The van der Waals surface area contributed by atoms with Gasteiger partial charge in [-0.15, -0.1) is 0 Å². The lowest BCUT2D eigenvalue weighted by atomic mass is 10.1. The van der Waals surface area contributed by atoms with Gasteiger partial charge in [-0.25, -0.2) is 0 Å². The molecule has 0 bridgehead atoms. The molecule has 2 aromatic rings. The van der Waals surface area contributed by atoms with Crippen molar-refractivity contribution in [3.05, 3.63) is 68.7 Å². The van der Waals surface area contributed by atoms with Crippen LogP contribution in [0.15, 0.2) is 42.5 Å². The molecule has 4 rings (SSSR count). The summed E-state index contributed by atoms with van der Waals surface area (Å²) in [5.41, 5.74) is 0.716. The molecule has 0 radical (unpaired) electrons. The van der Waals surface area contributed by atoms with E-state index in [0.29, 0.717) is 31.2 Å². The van der Waals surface area contributed by atoms with E-state index in [1.807, 2.05) is 18.2 Å². The Morgan fingerprint density at radius 3 is 2.37 bits per heavy atom. The van der Waals surface area contributed by atoms with Crippen LogP contribution in [-0.4, -0.2) is 65.2 Å². The number of hydrogen-bond donors (Lipinski definition) is 0. The SMILES string of the molecule is O=C(CN1C(=O)c2ccc([N+](=O)[O-])cc2C1=O)N1CCN(c2cccc(Cl)c2)CC1. The average Bonchev–Trinajstić information content (AvgIpc) is 2.98. The van der Waals surface area contributed by atoms with Gasteiger partial charge in [0.1, 0.15) is 6.54 Å². The summed E-state index contributed by atoms with van der Waals surface area (Å²) in [4.78, 5) is 52.6. The molecule has 10 heteroatoms. The molecule has 1 saturated heterocycles. The maximum atomic E-state index is 12.7. The van der Waals surface area contributed by atoms with Crippen LogP contribution in [0.4, 0.5) is 11.4 Å². The average molecular weight is 429 g/mol. The largest absolute Gasteiger partial charge is 0.368 e. The smallest absolute Gasteiger partial charge is 0.270 e. The van der Waals surface area contributed by atoms with Gasteiger partial charge in [-0.3, -0.25) is 29.4 Å². The first-order valence-electron chi connectivity index (χ1n) is 9.28. The monoisotopic (exact) mass is 428 g/mol. The Morgan fingerprint density at radius 2 is 1.70 bits per heavy atom. The molecule has 0 atom stereocenters. The second kappa shape index (κ2) is 7.75. The molecule has 2 heterocycles. The molecule has 0 aromatic heterocycles. The zero-order valence-electron chi connectivity index (χ0n) is 15.8. The third-order valence-corrected chi connectivity index (χ3v) is 5.50. The van der Waals surface area contributed by atoms with Crippen molar-refractivity contribution in [1.29, 1.82) is 0 Å². The second-order valence-electron chi connectivity index (χ2n) is 7.03. The Balaban J connectivity index is 1.40. The van der Waals surface area contributed by atoms with Crippen molar-refractivity contribution in [3.8, 4) is 0 Å². The van der Waals surface area contributed by atoms with Gasteiger partial charge in [0.25, 0.3) is 17.5 Å². The van der Waals surface area contributed by atoms with Gasteiger partial charge in [-0.2, -0.15) is 0 Å². The lowest BCUT2D eigenvalue weighted by Gasteiger charge is -2.36. The molecule has 3 amide bonds. The van der Waals surface area contributed by atoms with E-state index >= 15 is 0 Å². The summed E-state index contributed by atoms with van der Waals surface area (Å²) in [5.74, 6) is -1.65. The number of fused-ring (bicyclic) bond motifs is 1. The number of nitro groups is 1. The van der Waals surface area contributed by atoms with E-state index in [2.05, 4.69) is 4.90 Å². The summed E-state index contributed by atoms with van der Waals surface area (Å²) < 4.78 is 0. The van der Waals surface area contributed by atoms with Crippen molar-refractivity contribution in [3.63, 3.8) is 0 Å². The Kier molecular flexibility index (Phi) is 5.13. The number of nitrogens with zero attached hydrogens (tertiary/aromatic N) is 4. The van der Waals surface area contributed by atoms with E-state index in [0.717, 1.165) is 16.7 Å². The molecule has 2 aliphatic heterocycles. The van der Waals surface area contributed by atoms with Crippen LogP contribution < -0.4 is 4.90 Å². The summed E-state index contributed by atoms with van der Waals surface area (Å²) in [7, 11) is 0. The van der Waals surface area contributed by atoms with Gasteiger partial charge < -0.3 is 9.80 Å². The number of benzene rings is 2. The highest BCUT2D eigenvalue weighted by Crippen LogP contribution is 2.27. The van der Waals surface area contributed by atoms with Gasteiger partial charge in [0.05, 0.1) is 16.1 Å². The van der Waals surface area contributed by atoms with Crippen LogP contribution >= 0.6 is 11.6 Å². The quantitative estimate of drug-likeness (QED) is 0.420. The van der Waals surface area contributed by atoms with Crippen LogP contribution in [0.2, 0.25) is 5.02 Å². The topological polar surface area (TPSA) is 104 Å². The third-order valence-electron chi connectivity index (χ3n) is 5.26. The fraction of sp³-hybridized carbons (Fsp3) is 0.250. The number of imide groups is 1. The Bertz CT molecular complexity index is 1060. The van der Waals surface area contributed by atoms with Gasteiger partial charge in [0, 0.05) is 49.0 Å². The number of nitro benzene ring substituents is 1. The van der Waals surface area contributed by atoms with Gasteiger partial charge in [-0.1, -0.05) is 17.7 Å². The van der Waals surface area contributed by atoms with Gasteiger partial charge in [-0.05, 0) is 24.3 Å². The molecule has 0 spiro atoms. The minimum Gasteiger partial charge on any atom is -0.368 e. The minimum absolute atomic E-state index is 0.0484. The lowest BCUT2D eigenvalue weighted by Crippen LogP contribution is -2.51. The van der Waals surface area contributed by atoms with Gasteiger partial charge in [0.15, 0.2) is 0 Å². The third kappa shape index (κ3) is 3.59. The zero-order chi connectivity index (χ0) is 21.4. The van der Waals surface area contributed by atoms with Crippen molar-refractivity contribution in [2.45, 2.75) is 0 Å². The fourth-order valence-electron chi connectivity index (χ4n) is 3.66. The predicted molar refractivity (Wildman–Crippen MR) is 109 cm³/mol. The highest BCUT2D eigenvalue weighted by Gasteiger charge is 2.38. The maximum Gasteiger partial charge on any atom is 0.270 e. The molecule has 2 aliphatic rings. The Labute approximate surface area is 176 Å². The molecular weight excluding hydrogens is 412 g/mol. The summed E-state index contributed by atoms with van der Waals surface area (Å²) >= 11 is 6.03. The molecule has 0 unspecified atom stereocenters. The van der Waals surface area contributed by atoms with Crippen molar-refractivity contribution in [1.82, 2.24) is 9.80 Å². The number of amides is 3. The number of hydrogen-bond acceptors (Lipinski definition) is 6. The zero-order valence-corrected chi connectivity index (χ0v) is 16.5. The predicted octanol–water partition coefficient (Wildman–Crippen LogP) is 2.19. The molecule has 0 aliphatic carbocycles. The van der Waals surface area contributed by atoms with E-state index in [1.165, 1.54) is 12.1 Å². The van der Waals surface area contributed by atoms with Crippen molar-refractivity contribution >= 4 is 40.7 Å². The van der Waals surface area contributed by atoms with Gasteiger partial charge >= 0.3 is 0 Å². The second-order valence-corrected chi connectivity index (χ2v) is 7.47. The molecule has 30 heavy (non-hydrogen) atoms. The van der Waals surface area contributed by atoms with Crippen LogP contribution in [0.5, 0.6) is 0 Å². The molecule has 2 aromatic carbocycles. The summed E-state index contributed by atoms with van der Waals surface area (Å²) in [6, 6.07) is 11.0. The van der Waals surface area contributed by atoms with Crippen LogP contribution in [0.25, 0.3) is 0 Å². The molecule has 9 nitrogen and oxygen atoms in total. The highest BCUT2D eigenvalue weighted by molar-refractivity contribution is 6.30. The number of anilines is 1. The standard InChI is InChI=1S/C20H17ClN4O5/c21-13-2-1-3-14(10-13)22-6-8-23(9-7-22)18(26)12-24-19(27)16-5-4-15(25(29)30)11-17(16)20(24)28/h1-5,10-11H,6-9,12H2. The summed E-state index contributed by atoms with van der Waals surface area (Å²) in [6.07, 6.45) is 0. The van der Waals surface area contributed by atoms with E-state index in [9.17, 15) is 24.5 Å².